The second-order valence-corrected chi connectivity index (χ2v) is 4.23. The number of rotatable bonds is 4. The fourth-order valence-electron chi connectivity index (χ4n) is 2.26. The largest absolute Gasteiger partial charge is 0.468 e. The molecule has 0 N–H and O–H groups in total. The van der Waals surface area contributed by atoms with E-state index in [9.17, 15) is 9.59 Å². The molecule has 0 bridgehead atoms. The van der Waals surface area contributed by atoms with E-state index in [1.165, 1.54) is 14.0 Å². The summed E-state index contributed by atoms with van der Waals surface area (Å²) in [5.41, 5.74) is -0.991. The molecule has 0 radical (unpaired) electrons. The van der Waals surface area contributed by atoms with Crippen LogP contribution in [0.2, 0.25) is 0 Å². The molecule has 0 amide bonds. The molecule has 0 heterocycles. The molecule has 0 fully saturated rings. The second kappa shape index (κ2) is 6.30. The van der Waals surface area contributed by atoms with Crippen LogP contribution >= 0.6 is 0 Å². The van der Waals surface area contributed by atoms with Gasteiger partial charge in [0.15, 0.2) is 17.4 Å². The number of carbonyl (C=O) groups excluding carboxylic acids is 2. The summed E-state index contributed by atoms with van der Waals surface area (Å²) >= 11 is 0. The van der Waals surface area contributed by atoms with Crippen LogP contribution in [-0.4, -0.2) is 36.2 Å². The Morgan fingerprint density at radius 1 is 1.07 bits per heavy atom. The van der Waals surface area contributed by atoms with Gasteiger partial charge in [-0.3, -0.25) is 9.59 Å². The van der Waals surface area contributed by atoms with Gasteiger partial charge in [0, 0.05) is 0 Å². The van der Waals surface area contributed by atoms with Crippen LogP contribution in [0.1, 0.15) is 34.6 Å². The molecule has 15 heavy (non-hydrogen) atoms. The van der Waals surface area contributed by atoms with E-state index in [1.54, 1.807) is 0 Å². The summed E-state index contributed by atoms with van der Waals surface area (Å²) in [6, 6.07) is 0. The van der Waals surface area contributed by atoms with Crippen LogP contribution in [0.25, 0.3) is 0 Å². The number of methoxy groups -OCH3 is 1. The lowest BCUT2D eigenvalue weighted by atomic mass is 9.66. The molecule has 0 saturated heterocycles. The van der Waals surface area contributed by atoms with Crippen molar-refractivity contribution in [1.82, 2.24) is 0 Å². The predicted molar refractivity (Wildman–Crippen MR) is 64.7 cm³/mol. The first-order valence-corrected chi connectivity index (χ1v) is 4.91. The number of Topliss-reactive ketones (excluding diaryl/α,β-unsaturated/α-hetero) is 1. The number of hydrogen-bond donors (Lipinski definition) is 0. The Bertz CT molecular complexity index is 226. The molecular formula is C11H23AlO3. The van der Waals surface area contributed by atoms with E-state index < -0.39 is 11.4 Å². The Morgan fingerprint density at radius 3 is 1.47 bits per heavy atom. The molecule has 0 unspecified atom stereocenters. The fraction of sp³-hybridized carbons (Fsp3) is 0.818. The number of esters is 1. The van der Waals surface area contributed by atoms with Crippen molar-refractivity contribution in [3.8, 4) is 0 Å². The fourth-order valence-corrected chi connectivity index (χ4v) is 2.26. The van der Waals surface area contributed by atoms with E-state index >= 15 is 0 Å². The number of ether oxygens (including phenoxy) is 1. The average molecular weight is 230 g/mol. The molecule has 0 aromatic heterocycles. The zero-order valence-electron chi connectivity index (χ0n) is 9.88. The van der Waals surface area contributed by atoms with Crippen LogP contribution in [0.3, 0.4) is 0 Å². The van der Waals surface area contributed by atoms with E-state index in [-0.39, 0.29) is 35.0 Å². The standard InChI is InChI=1S/C11H20O3.Al.3H/c1-7(2)11(8(3)4,9(5)12)10(13)14-6;;;;/h7-8H,1-6H3;;;;. The molecular weight excluding hydrogens is 207 g/mol. The van der Waals surface area contributed by atoms with Crippen molar-refractivity contribution in [3.63, 3.8) is 0 Å². The summed E-state index contributed by atoms with van der Waals surface area (Å²) in [5.74, 6) is -0.635. The van der Waals surface area contributed by atoms with E-state index in [2.05, 4.69) is 0 Å². The van der Waals surface area contributed by atoms with Gasteiger partial charge in [-0.1, -0.05) is 27.7 Å². The van der Waals surface area contributed by atoms with Crippen molar-refractivity contribution in [2.45, 2.75) is 34.6 Å². The minimum absolute atomic E-state index is 0. The first-order chi connectivity index (χ1) is 6.31. The van der Waals surface area contributed by atoms with Gasteiger partial charge in [0.05, 0.1) is 7.11 Å². The van der Waals surface area contributed by atoms with Gasteiger partial charge in [-0.15, -0.1) is 0 Å². The smallest absolute Gasteiger partial charge is 0.319 e. The molecule has 0 aliphatic rings. The SMILES string of the molecule is COC(=O)C(C(C)=O)(C(C)C)C(C)C.[AlH3]. The van der Waals surface area contributed by atoms with Crippen molar-refractivity contribution in [2.75, 3.05) is 7.11 Å². The summed E-state index contributed by atoms with van der Waals surface area (Å²) in [6.07, 6.45) is 0. The highest BCUT2D eigenvalue weighted by Gasteiger charge is 2.49. The quantitative estimate of drug-likeness (QED) is 0.409. The van der Waals surface area contributed by atoms with E-state index in [4.69, 9.17) is 4.74 Å². The molecule has 3 nitrogen and oxygen atoms in total. The zero-order valence-corrected chi connectivity index (χ0v) is 9.88. The summed E-state index contributed by atoms with van der Waals surface area (Å²) in [6.45, 7) is 8.95. The van der Waals surface area contributed by atoms with Gasteiger partial charge in [0.25, 0.3) is 0 Å². The monoisotopic (exact) mass is 230 g/mol. The number of carbonyl (C=O) groups is 2. The molecule has 0 aliphatic carbocycles. The number of hydrogen-bond acceptors (Lipinski definition) is 3. The third kappa shape index (κ3) is 2.83. The third-order valence-corrected chi connectivity index (χ3v) is 2.93. The van der Waals surface area contributed by atoms with Gasteiger partial charge in [-0.2, -0.15) is 0 Å². The van der Waals surface area contributed by atoms with Gasteiger partial charge in [-0.25, -0.2) is 0 Å². The first-order valence-electron chi connectivity index (χ1n) is 4.91. The topological polar surface area (TPSA) is 43.4 Å². The molecule has 0 spiro atoms. The highest BCUT2D eigenvalue weighted by molar-refractivity contribution is 6.03. The van der Waals surface area contributed by atoms with Gasteiger partial charge in [0.1, 0.15) is 11.2 Å². The highest BCUT2D eigenvalue weighted by atomic mass is 27.0. The minimum atomic E-state index is -0.991. The van der Waals surface area contributed by atoms with Crippen LogP contribution in [-0.2, 0) is 14.3 Å². The Labute approximate surface area is 103 Å². The van der Waals surface area contributed by atoms with Gasteiger partial charge in [-0.05, 0) is 18.8 Å². The molecule has 4 heteroatoms. The summed E-state index contributed by atoms with van der Waals surface area (Å²) in [4.78, 5) is 23.4. The van der Waals surface area contributed by atoms with E-state index in [1.807, 2.05) is 27.7 Å². The summed E-state index contributed by atoms with van der Waals surface area (Å²) < 4.78 is 4.74. The average Bonchev–Trinajstić information content (AvgIpc) is 2.02. The normalized spacial score (nSPS) is 11.2. The molecule has 0 atom stereocenters. The Balaban J connectivity index is 0. The van der Waals surface area contributed by atoms with Crippen LogP contribution < -0.4 is 0 Å². The molecule has 0 aromatic rings. The van der Waals surface area contributed by atoms with Crippen molar-refractivity contribution in [3.05, 3.63) is 0 Å². The number of ketones is 1. The molecule has 0 aromatic carbocycles. The first kappa shape index (κ1) is 17.1. The van der Waals surface area contributed by atoms with Gasteiger partial charge >= 0.3 is 5.97 Å². The van der Waals surface area contributed by atoms with Crippen molar-refractivity contribution in [1.29, 1.82) is 0 Å². The summed E-state index contributed by atoms with van der Waals surface area (Å²) in [7, 11) is 1.32. The lowest BCUT2D eigenvalue weighted by Crippen LogP contribution is -2.47. The molecule has 0 aliphatic heterocycles. The molecule has 0 rings (SSSR count). The third-order valence-electron chi connectivity index (χ3n) is 2.93. The lowest BCUT2D eigenvalue weighted by molar-refractivity contribution is -0.164. The lowest BCUT2D eigenvalue weighted by Gasteiger charge is -2.35. The Morgan fingerprint density at radius 2 is 1.40 bits per heavy atom. The van der Waals surface area contributed by atoms with Gasteiger partial charge < -0.3 is 4.74 Å². The maximum Gasteiger partial charge on any atom is 0.319 e. The second-order valence-electron chi connectivity index (χ2n) is 4.23. The van der Waals surface area contributed by atoms with Crippen molar-refractivity contribution < 1.29 is 14.3 Å². The van der Waals surface area contributed by atoms with Crippen LogP contribution in [0.4, 0.5) is 0 Å². The van der Waals surface area contributed by atoms with E-state index in [0.717, 1.165) is 0 Å². The molecule has 0 saturated carbocycles. The maximum atomic E-state index is 11.7. The minimum Gasteiger partial charge on any atom is -0.468 e. The van der Waals surface area contributed by atoms with Crippen LogP contribution in [0.5, 0.6) is 0 Å². The Kier molecular flexibility index (Phi) is 7.17. The van der Waals surface area contributed by atoms with Crippen molar-refractivity contribution in [2.24, 2.45) is 17.3 Å². The summed E-state index contributed by atoms with van der Waals surface area (Å²) in [5, 5.41) is 0. The molecule has 88 valence electrons. The highest BCUT2D eigenvalue weighted by Crippen LogP contribution is 2.38. The maximum absolute atomic E-state index is 11.7. The van der Waals surface area contributed by atoms with Crippen LogP contribution in [0.15, 0.2) is 0 Å². The van der Waals surface area contributed by atoms with Crippen molar-refractivity contribution >= 4 is 29.1 Å². The Hall–Kier alpha value is -0.328. The van der Waals surface area contributed by atoms with Crippen LogP contribution in [0, 0.1) is 17.3 Å². The van der Waals surface area contributed by atoms with E-state index in [0.29, 0.717) is 0 Å². The zero-order chi connectivity index (χ0) is 11.5. The van der Waals surface area contributed by atoms with Gasteiger partial charge in [0.2, 0.25) is 0 Å². The predicted octanol–water partition coefficient (Wildman–Crippen LogP) is 0.863.